The second kappa shape index (κ2) is 6.17. The Balaban J connectivity index is 2.22. The van der Waals surface area contributed by atoms with Crippen molar-refractivity contribution in [2.75, 3.05) is 0 Å². The first-order valence-corrected chi connectivity index (χ1v) is 6.46. The summed E-state index contributed by atoms with van der Waals surface area (Å²) in [5.41, 5.74) is -0.158. The molecule has 0 saturated carbocycles. The van der Waals surface area contributed by atoms with E-state index < -0.39 is 34.7 Å². The van der Waals surface area contributed by atoms with Gasteiger partial charge in [-0.2, -0.15) is 0 Å². The van der Waals surface area contributed by atoms with Crippen LogP contribution >= 0.6 is 15.9 Å². The predicted octanol–water partition coefficient (Wildman–Crippen LogP) is 4.14. The molecule has 0 aliphatic rings. The maximum atomic E-state index is 13.6. The molecule has 0 fully saturated rings. The fourth-order valence-electron chi connectivity index (χ4n) is 1.67. The fraction of sp³-hybridized carbons (Fsp3) is 0.0714. The number of carbonyl (C=O) groups is 1. The van der Waals surface area contributed by atoms with Gasteiger partial charge in [0, 0.05) is 4.47 Å². The van der Waals surface area contributed by atoms with E-state index in [1.807, 2.05) is 0 Å². The Morgan fingerprint density at radius 3 is 2.24 bits per heavy atom. The van der Waals surface area contributed by atoms with Crippen LogP contribution in [-0.4, -0.2) is 11.1 Å². The summed E-state index contributed by atoms with van der Waals surface area (Å²) in [4.78, 5) is 10.6. The zero-order chi connectivity index (χ0) is 15.6. The number of halogens is 4. The lowest BCUT2D eigenvalue weighted by molar-refractivity contribution is 0.0695. The first-order chi connectivity index (χ1) is 9.86. The zero-order valence-corrected chi connectivity index (χ0v) is 12.0. The molecule has 21 heavy (non-hydrogen) atoms. The molecule has 0 amide bonds. The molecule has 0 saturated heterocycles. The molecule has 0 atom stereocenters. The Bertz CT molecular complexity index is 661. The number of ether oxygens (including phenoxy) is 1. The van der Waals surface area contributed by atoms with Gasteiger partial charge in [0.2, 0.25) is 0 Å². The molecule has 7 heteroatoms. The normalized spacial score (nSPS) is 10.5. The summed E-state index contributed by atoms with van der Waals surface area (Å²) in [5, 5.41) is 8.67. The van der Waals surface area contributed by atoms with Crippen LogP contribution in [0.3, 0.4) is 0 Å². The lowest BCUT2D eigenvalue weighted by atomic mass is 10.2. The first-order valence-electron chi connectivity index (χ1n) is 5.67. The Hall–Kier alpha value is -2.02. The standard InChI is InChI=1S/C14H8BrF3O3/c15-9-1-7(2-10(16)5-9)6-21-13-11(17)3-8(14(19)20)4-12(13)18/h1-5H,6H2,(H,19,20). The highest BCUT2D eigenvalue weighted by Gasteiger charge is 2.16. The molecule has 110 valence electrons. The van der Waals surface area contributed by atoms with Crippen molar-refractivity contribution in [3.8, 4) is 5.75 Å². The molecule has 0 aliphatic heterocycles. The topological polar surface area (TPSA) is 46.5 Å². The van der Waals surface area contributed by atoms with Crippen molar-refractivity contribution in [3.63, 3.8) is 0 Å². The molecule has 0 radical (unpaired) electrons. The van der Waals surface area contributed by atoms with Crippen LogP contribution in [-0.2, 0) is 6.61 Å². The van der Waals surface area contributed by atoms with Crippen LogP contribution in [0.2, 0.25) is 0 Å². The molecule has 1 N–H and O–H groups in total. The van der Waals surface area contributed by atoms with Gasteiger partial charge in [0.1, 0.15) is 12.4 Å². The zero-order valence-electron chi connectivity index (χ0n) is 10.4. The SMILES string of the molecule is O=C(O)c1cc(F)c(OCc2cc(F)cc(Br)c2)c(F)c1. The average Bonchev–Trinajstić information content (AvgIpc) is 2.36. The third kappa shape index (κ3) is 3.75. The van der Waals surface area contributed by atoms with Crippen LogP contribution in [0, 0.1) is 17.5 Å². The summed E-state index contributed by atoms with van der Waals surface area (Å²) in [6.45, 7) is -0.267. The van der Waals surface area contributed by atoms with Gasteiger partial charge >= 0.3 is 5.97 Å². The molecular formula is C14H8BrF3O3. The summed E-state index contributed by atoms with van der Waals surface area (Å²) in [6, 6.07) is 5.23. The number of hydrogen-bond donors (Lipinski definition) is 1. The minimum Gasteiger partial charge on any atom is -0.483 e. The van der Waals surface area contributed by atoms with E-state index in [4.69, 9.17) is 9.84 Å². The molecule has 0 bridgehead atoms. The second-order valence-electron chi connectivity index (χ2n) is 4.14. The lowest BCUT2D eigenvalue weighted by Crippen LogP contribution is -2.04. The minimum absolute atomic E-state index is 0.267. The predicted molar refractivity (Wildman–Crippen MR) is 71.7 cm³/mol. The van der Waals surface area contributed by atoms with Crippen molar-refractivity contribution in [1.29, 1.82) is 0 Å². The van der Waals surface area contributed by atoms with Gasteiger partial charge in [0.15, 0.2) is 17.4 Å². The van der Waals surface area contributed by atoms with E-state index in [0.29, 0.717) is 22.2 Å². The Morgan fingerprint density at radius 1 is 1.10 bits per heavy atom. The van der Waals surface area contributed by atoms with Gasteiger partial charge in [-0.25, -0.2) is 18.0 Å². The Kier molecular flexibility index (Phi) is 4.52. The summed E-state index contributed by atoms with van der Waals surface area (Å²) in [6.07, 6.45) is 0. The summed E-state index contributed by atoms with van der Waals surface area (Å²) in [5.74, 6) is -4.95. The van der Waals surface area contributed by atoms with Crippen LogP contribution in [0.15, 0.2) is 34.8 Å². The lowest BCUT2D eigenvalue weighted by Gasteiger charge is -2.09. The van der Waals surface area contributed by atoms with Crippen molar-refractivity contribution in [2.45, 2.75) is 6.61 Å². The van der Waals surface area contributed by atoms with E-state index >= 15 is 0 Å². The van der Waals surface area contributed by atoms with E-state index in [2.05, 4.69) is 15.9 Å². The summed E-state index contributed by atoms with van der Waals surface area (Å²) < 4.78 is 45.8. The van der Waals surface area contributed by atoms with Gasteiger partial charge in [0.05, 0.1) is 5.56 Å². The van der Waals surface area contributed by atoms with Gasteiger partial charge in [-0.1, -0.05) is 15.9 Å². The number of rotatable bonds is 4. The number of aromatic carboxylic acids is 1. The van der Waals surface area contributed by atoms with Crippen molar-refractivity contribution >= 4 is 21.9 Å². The molecular weight excluding hydrogens is 353 g/mol. The van der Waals surface area contributed by atoms with Crippen LogP contribution in [0.1, 0.15) is 15.9 Å². The monoisotopic (exact) mass is 360 g/mol. The maximum absolute atomic E-state index is 13.6. The number of hydrogen-bond acceptors (Lipinski definition) is 2. The maximum Gasteiger partial charge on any atom is 0.335 e. The van der Waals surface area contributed by atoms with Gasteiger partial charge in [0.25, 0.3) is 0 Å². The number of benzene rings is 2. The van der Waals surface area contributed by atoms with Crippen molar-refractivity contribution in [2.24, 2.45) is 0 Å². The molecule has 0 aliphatic carbocycles. The number of carboxylic acid groups (broad SMARTS) is 1. The molecule has 0 unspecified atom stereocenters. The fourth-order valence-corrected chi connectivity index (χ4v) is 2.18. The molecule has 3 nitrogen and oxygen atoms in total. The largest absolute Gasteiger partial charge is 0.483 e. The molecule has 0 spiro atoms. The third-order valence-corrected chi connectivity index (χ3v) is 3.01. The van der Waals surface area contributed by atoms with E-state index in [0.717, 1.165) is 6.07 Å². The second-order valence-corrected chi connectivity index (χ2v) is 5.06. The van der Waals surface area contributed by atoms with Gasteiger partial charge in [-0.15, -0.1) is 0 Å². The summed E-state index contributed by atoms with van der Waals surface area (Å²) >= 11 is 3.08. The molecule has 2 aromatic carbocycles. The van der Waals surface area contributed by atoms with E-state index in [9.17, 15) is 18.0 Å². The van der Waals surface area contributed by atoms with E-state index in [1.165, 1.54) is 12.1 Å². The van der Waals surface area contributed by atoms with Crippen molar-refractivity contribution < 1.29 is 27.8 Å². The average molecular weight is 361 g/mol. The highest BCUT2D eigenvalue weighted by atomic mass is 79.9. The summed E-state index contributed by atoms with van der Waals surface area (Å²) in [7, 11) is 0. The highest BCUT2D eigenvalue weighted by molar-refractivity contribution is 9.10. The smallest absolute Gasteiger partial charge is 0.335 e. The molecule has 0 heterocycles. The third-order valence-electron chi connectivity index (χ3n) is 2.55. The van der Waals surface area contributed by atoms with E-state index in [1.54, 1.807) is 0 Å². The quantitative estimate of drug-likeness (QED) is 0.890. The van der Waals surface area contributed by atoms with Crippen LogP contribution in [0.5, 0.6) is 5.75 Å². The Labute approximate surface area is 126 Å². The minimum atomic E-state index is -1.45. The van der Waals surface area contributed by atoms with Crippen LogP contribution in [0.25, 0.3) is 0 Å². The van der Waals surface area contributed by atoms with Crippen LogP contribution < -0.4 is 4.74 Å². The number of carboxylic acids is 1. The van der Waals surface area contributed by atoms with Crippen molar-refractivity contribution in [3.05, 3.63) is 63.4 Å². The Morgan fingerprint density at radius 2 is 1.71 bits per heavy atom. The molecule has 0 aromatic heterocycles. The molecule has 2 aromatic rings. The highest BCUT2D eigenvalue weighted by Crippen LogP contribution is 2.25. The van der Waals surface area contributed by atoms with E-state index in [-0.39, 0.29) is 6.61 Å². The van der Waals surface area contributed by atoms with Gasteiger partial charge in [-0.05, 0) is 35.9 Å². The molecule has 2 rings (SSSR count). The van der Waals surface area contributed by atoms with Crippen molar-refractivity contribution in [1.82, 2.24) is 0 Å². The first kappa shape index (κ1) is 15.4. The van der Waals surface area contributed by atoms with Gasteiger partial charge in [-0.3, -0.25) is 0 Å². The van der Waals surface area contributed by atoms with Crippen LogP contribution in [0.4, 0.5) is 13.2 Å². The van der Waals surface area contributed by atoms with Gasteiger partial charge < -0.3 is 9.84 Å².